The lowest BCUT2D eigenvalue weighted by molar-refractivity contribution is -0.385. The zero-order valence-electron chi connectivity index (χ0n) is 9.89. The number of aromatic hydroxyl groups is 1. The number of phenolic OH excluding ortho intramolecular Hbond substituents is 1. The van der Waals surface area contributed by atoms with Gasteiger partial charge in [-0.1, -0.05) is 12.1 Å². The summed E-state index contributed by atoms with van der Waals surface area (Å²) in [6.07, 6.45) is -4.73. The fraction of sp³-hybridized carbons (Fsp3) is 0.0769. The molecule has 2 aromatic carbocycles. The summed E-state index contributed by atoms with van der Waals surface area (Å²) in [6.45, 7) is 0. The number of non-ortho nitro benzene ring substituents is 1. The molecule has 0 amide bonds. The van der Waals surface area contributed by atoms with E-state index in [9.17, 15) is 28.4 Å². The first-order chi connectivity index (χ1) is 9.29. The van der Waals surface area contributed by atoms with Crippen LogP contribution in [0.15, 0.2) is 42.5 Å². The Bertz CT molecular complexity index is 668. The lowest BCUT2D eigenvalue weighted by atomic mass is 9.98. The molecule has 0 radical (unpaired) electrons. The fourth-order valence-corrected chi connectivity index (χ4v) is 1.81. The van der Waals surface area contributed by atoms with Gasteiger partial charge in [0.2, 0.25) is 0 Å². The van der Waals surface area contributed by atoms with Gasteiger partial charge in [0.15, 0.2) is 0 Å². The molecule has 0 bridgehead atoms. The molecule has 0 spiro atoms. The maximum Gasteiger partial charge on any atom is 0.417 e. The Kier molecular flexibility index (Phi) is 3.35. The topological polar surface area (TPSA) is 63.4 Å². The van der Waals surface area contributed by atoms with E-state index in [0.717, 1.165) is 18.2 Å². The summed E-state index contributed by atoms with van der Waals surface area (Å²) in [4.78, 5) is 9.69. The summed E-state index contributed by atoms with van der Waals surface area (Å²) in [6, 6.07) is 7.77. The maximum absolute atomic E-state index is 13.0. The first-order valence-corrected chi connectivity index (χ1v) is 5.44. The molecule has 7 heteroatoms. The highest BCUT2D eigenvalue weighted by Crippen LogP contribution is 2.39. The molecule has 0 saturated carbocycles. The molecule has 0 fully saturated rings. The van der Waals surface area contributed by atoms with Gasteiger partial charge >= 0.3 is 6.18 Å². The summed E-state index contributed by atoms with van der Waals surface area (Å²) < 4.78 is 39.0. The first kappa shape index (κ1) is 13.9. The number of hydrogen-bond acceptors (Lipinski definition) is 3. The number of nitro groups is 1. The lowest BCUT2D eigenvalue weighted by Gasteiger charge is -2.13. The number of alkyl halides is 3. The lowest BCUT2D eigenvalue weighted by Crippen LogP contribution is -2.08. The minimum atomic E-state index is -4.73. The number of phenols is 1. The molecule has 1 N–H and O–H groups in total. The van der Waals surface area contributed by atoms with Crippen molar-refractivity contribution >= 4 is 5.69 Å². The van der Waals surface area contributed by atoms with Crippen LogP contribution in [0.4, 0.5) is 18.9 Å². The largest absolute Gasteiger partial charge is 0.508 e. The number of nitrogens with zero attached hydrogens (tertiary/aromatic N) is 1. The quantitative estimate of drug-likeness (QED) is 0.669. The predicted molar refractivity (Wildman–Crippen MR) is 65.2 cm³/mol. The molecule has 2 aromatic rings. The zero-order valence-corrected chi connectivity index (χ0v) is 9.89. The van der Waals surface area contributed by atoms with Crippen LogP contribution in [0.1, 0.15) is 5.56 Å². The highest BCUT2D eigenvalue weighted by Gasteiger charge is 2.35. The minimum Gasteiger partial charge on any atom is -0.508 e. The second kappa shape index (κ2) is 4.84. The third-order valence-corrected chi connectivity index (χ3v) is 2.68. The third-order valence-electron chi connectivity index (χ3n) is 2.68. The Labute approximate surface area is 111 Å². The van der Waals surface area contributed by atoms with Crippen molar-refractivity contribution < 1.29 is 23.2 Å². The average Bonchev–Trinajstić information content (AvgIpc) is 2.37. The second-order valence-electron chi connectivity index (χ2n) is 4.04. The van der Waals surface area contributed by atoms with E-state index in [1.54, 1.807) is 0 Å². The maximum atomic E-state index is 13.0. The van der Waals surface area contributed by atoms with Crippen LogP contribution < -0.4 is 0 Å². The monoisotopic (exact) mass is 283 g/mol. The van der Waals surface area contributed by atoms with Crippen LogP contribution in [0.5, 0.6) is 5.75 Å². The molecular formula is C13H8F3NO3. The molecule has 0 aromatic heterocycles. The van der Waals surface area contributed by atoms with Crippen molar-refractivity contribution in [3.05, 3.63) is 58.1 Å². The van der Waals surface area contributed by atoms with Gasteiger partial charge < -0.3 is 5.11 Å². The molecule has 104 valence electrons. The number of rotatable bonds is 2. The van der Waals surface area contributed by atoms with Gasteiger partial charge in [0, 0.05) is 12.1 Å². The summed E-state index contributed by atoms with van der Waals surface area (Å²) in [5.41, 5.74) is -1.84. The summed E-state index contributed by atoms with van der Waals surface area (Å²) in [5, 5.41) is 19.9. The van der Waals surface area contributed by atoms with Gasteiger partial charge in [0.1, 0.15) is 5.75 Å². The van der Waals surface area contributed by atoms with E-state index in [4.69, 9.17) is 0 Å². The average molecular weight is 283 g/mol. The Morgan fingerprint density at radius 2 is 1.80 bits per heavy atom. The Balaban J connectivity index is 2.67. The highest BCUT2D eigenvalue weighted by molar-refractivity contribution is 5.70. The summed E-state index contributed by atoms with van der Waals surface area (Å²) >= 11 is 0. The van der Waals surface area contributed by atoms with Crippen molar-refractivity contribution in [3.63, 3.8) is 0 Å². The van der Waals surface area contributed by atoms with Crippen molar-refractivity contribution in [2.45, 2.75) is 6.18 Å². The van der Waals surface area contributed by atoms with Crippen LogP contribution in [0.2, 0.25) is 0 Å². The van der Waals surface area contributed by atoms with Crippen molar-refractivity contribution in [1.82, 2.24) is 0 Å². The van der Waals surface area contributed by atoms with E-state index >= 15 is 0 Å². The van der Waals surface area contributed by atoms with Gasteiger partial charge in [0.25, 0.3) is 5.69 Å². The van der Waals surface area contributed by atoms with E-state index in [0.29, 0.717) is 6.07 Å². The zero-order chi connectivity index (χ0) is 14.9. The Hall–Kier alpha value is -2.57. The van der Waals surface area contributed by atoms with Crippen LogP contribution in [0.3, 0.4) is 0 Å². The predicted octanol–water partition coefficient (Wildman–Crippen LogP) is 3.99. The van der Waals surface area contributed by atoms with Gasteiger partial charge in [-0.25, -0.2) is 0 Å². The second-order valence-corrected chi connectivity index (χ2v) is 4.04. The molecular weight excluding hydrogens is 275 g/mol. The van der Waals surface area contributed by atoms with Crippen molar-refractivity contribution in [1.29, 1.82) is 0 Å². The normalized spacial score (nSPS) is 11.3. The van der Waals surface area contributed by atoms with Crippen LogP contribution in [-0.4, -0.2) is 10.0 Å². The van der Waals surface area contributed by atoms with E-state index in [1.807, 2.05) is 0 Å². The fourth-order valence-electron chi connectivity index (χ4n) is 1.81. The molecule has 0 atom stereocenters. The number of hydrogen-bond donors (Lipinski definition) is 1. The molecule has 0 aliphatic heterocycles. The number of nitro benzene ring substituents is 1. The standard InChI is InChI=1S/C13H8F3NO3/c14-13(15,16)12-7-9(17(19)20)4-5-11(12)8-2-1-3-10(18)6-8/h1-7,18H. The van der Waals surface area contributed by atoms with Gasteiger partial charge in [-0.2, -0.15) is 13.2 Å². The molecule has 2 rings (SSSR count). The van der Waals surface area contributed by atoms with Crippen LogP contribution in [0.25, 0.3) is 11.1 Å². The van der Waals surface area contributed by atoms with E-state index < -0.39 is 22.4 Å². The molecule has 20 heavy (non-hydrogen) atoms. The Morgan fingerprint density at radius 1 is 1.10 bits per heavy atom. The van der Waals surface area contributed by atoms with E-state index in [1.165, 1.54) is 18.2 Å². The molecule has 0 aliphatic carbocycles. The number of benzene rings is 2. The summed E-state index contributed by atoms with van der Waals surface area (Å²) in [7, 11) is 0. The molecule has 0 saturated heterocycles. The van der Waals surface area contributed by atoms with Gasteiger partial charge in [-0.3, -0.25) is 10.1 Å². The van der Waals surface area contributed by atoms with E-state index in [2.05, 4.69) is 0 Å². The smallest absolute Gasteiger partial charge is 0.417 e. The van der Waals surface area contributed by atoms with Gasteiger partial charge in [-0.05, 0) is 29.3 Å². The third kappa shape index (κ3) is 2.71. The first-order valence-electron chi connectivity index (χ1n) is 5.44. The van der Waals surface area contributed by atoms with E-state index in [-0.39, 0.29) is 16.9 Å². The highest BCUT2D eigenvalue weighted by atomic mass is 19.4. The van der Waals surface area contributed by atoms with Crippen LogP contribution in [0, 0.1) is 10.1 Å². The van der Waals surface area contributed by atoms with Crippen LogP contribution >= 0.6 is 0 Å². The molecule has 0 unspecified atom stereocenters. The SMILES string of the molecule is O=[N+]([O-])c1ccc(-c2cccc(O)c2)c(C(F)(F)F)c1. The molecule has 0 aliphatic rings. The minimum absolute atomic E-state index is 0.132. The van der Waals surface area contributed by atoms with Crippen molar-refractivity contribution in [3.8, 4) is 16.9 Å². The van der Waals surface area contributed by atoms with Crippen LogP contribution in [-0.2, 0) is 6.18 Å². The van der Waals surface area contributed by atoms with Gasteiger partial charge in [0.05, 0.1) is 10.5 Å². The van der Waals surface area contributed by atoms with Crippen molar-refractivity contribution in [2.24, 2.45) is 0 Å². The summed E-state index contributed by atoms with van der Waals surface area (Å²) in [5.74, 6) is -0.186. The molecule has 0 heterocycles. The molecule has 4 nitrogen and oxygen atoms in total. The van der Waals surface area contributed by atoms with Gasteiger partial charge in [-0.15, -0.1) is 0 Å². The van der Waals surface area contributed by atoms with Crippen molar-refractivity contribution in [2.75, 3.05) is 0 Å². The number of halogens is 3. The Morgan fingerprint density at radius 3 is 2.35 bits per heavy atom.